The fraction of sp³-hybridized carbons (Fsp3) is 0.308. The Morgan fingerprint density at radius 1 is 0.909 bits per heavy atom. The highest BCUT2D eigenvalue weighted by Crippen LogP contribution is 2.33. The van der Waals surface area contributed by atoms with Crippen LogP contribution in [0.25, 0.3) is 27.4 Å². The molecule has 7 heteroatoms. The Bertz CT molecular complexity index is 1430. The maximum Gasteiger partial charge on any atom is 0.263 e. The molecule has 1 aliphatic heterocycles. The number of rotatable bonds is 4. The van der Waals surface area contributed by atoms with Gasteiger partial charge in [0.2, 0.25) is 0 Å². The summed E-state index contributed by atoms with van der Waals surface area (Å²) in [5, 5.41) is 2.08. The van der Waals surface area contributed by atoms with Crippen LogP contribution in [0.1, 0.15) is 29.6 Å². The van der Waals surface area contributed by atoms with E-state index < -0.39 is 0 Å². The molecule has 0 saturated carbocycles. The van der Waals surface area contributed by atoms with E-state index in [9.17, 15) is 9.59 Å². The van der Waals surface area contributed by atoms with Crippen molar-refractivity contribution < 1.29 is 14.3 Å². The van der Waals surface area contributed by atoms with Gasteiger partial charge in [-0.3, -0.25) is 14.2 Å². The van der Waals surface area contributed by atoms with Crippen molar-refractivity contribution in [3.8, 4) is 17.2 Å². The van der Waals surface area contributed by atoms with Crippen LogP contribution < -0.4 is 15.0 Å². The Morgan fingerprint density at radius 2 is 1.61 bits per heavy atom. The van der Waals surface area contributed by atoms with Crippen molar-refractivity contribution in [2.24, 2.45) is 7.05 Å². The molecule has 1 fully saturated rings. The molecule has 4 aromatic rings. The SMILES string of the molecule is COc1cc2c(C(=O)N3CCCCC3)cn(-c3ccc4ccn(C)c4c3)c(=O)c2cc1OC. The Labute approximate surface area is 191 Å². The van der Waals surface area contributed by atoms with Crippen molar-refractivity contribution in [1.82, 2.24) is 14.0 Å². The van der Waals surface area contributed by atoms with Gasteiger partial charge in [-0.2, -0.15) is 0 Å². The predicted octanol–water partition coefficient (Wildman–Crippen LogP) is 4.13. The maximum atomic E-state index is 13.6. The van der Waals surface area contributed by atoms with E-state index in [1.165, 1.54) is 7.11 Å². The van der Waals surface area contributed by atoms with Gasteiger partial charge in [0.25, 0.3) is 11.5 Å². The van der Waals surface area contributed by atoms with Crippen molar-refractivity contribution in [1.29, 1.82) is 0 Å². The van der Waals surface area contributed by atoms with Crippen LogP contribution in [-0.2, 0) is 7.05 Å². The van der Waals surface area contributed by atoms with E-state index in [4.69, 9.17) is 9.47 Å². The Hall–Kier alpha value is -3.74. The Morgan fingerprint density at radius 3 is 2.30 bits per heavy atom. The zero-order valence-electron chi connectivity index (χ0n) is 19.1. The van der Waals surface area contributed by atoms with Crippen LogP contribution in [0.3, 0.4) is 0 Å². The van der Waals surface area contributed by atoms with E-state index in [0.717, 1.165) is 43.3 Å². The number of carbonyl (C=O) groups excluding carboxylic acids is 1. The van der Waals surface area contributed by atoms with E-state index in [1.54, 1.807) is 30.0 Å². The smallest absolute Gasteiger partial charge is 0.263 e. The largest absolute Gasteiger partial charge is 0.493 e. The van der Waals surface area contributed by atoms with Crippen LogP contribution in [0.15, 0.2) is 53.6 Å². The molecule has 33 heavy (non-hydrogen) atoms. The van der Waals surface area contributed by atoms with Gasteiger partial charge in [0.1, 0.15) is 0 Å². The van der Waals surface area contributed by atoms with Crippen molar-refractivity contribution in [3.63, 3.8) is 0 Å². The second-order valence-corrected chi connectivity index (χ2v) is 8.49. The molecule has 5 rings (SSSR count). The molecule has 0 N–H and O–H groups in total. The summed E-state index contributed by atoms with van der Waals surface area (Å²) in [4.78, 5) is 29.1. The van der Waals surface area contributed by atoms with Gasteiger partial charge in [-0.25, -0.2) is 0 Å². The number of amides is 1. The molecule has 1 amide bonds. The minimum Gasteiger partial charge on any atom is -0.493 e. The third kappa shape index (κ3) is 3.53. The van der Waals surface area contributed by atoms with E-state index in [0.29, 0.717) is 33.5 Å². The molecular formula is C26H27N3O4. The molecule has 7 nitrogen and oxygen atoms in total. The van der Waals surface area contributed by atoms with E-state index in [1.807, 2.05) is 47.0 Å². The zero-order valence-corrected chi connectivity index (χ0v) is 19.1. The summed E-state index contributed by atoms with van der Waals surface area (Å²) in [5.74, 6) is 0.870. The number of nitrogens with zero attached hydrogens (tertiary/aromatic N) is 3. The molecule has 1 saturated heterocycles. The summed E-state index contributed by atoms with van der Waals surface area (Å²) in [6.07, 6.45) is 6.78. The first-order valence-electron chi connectivity index (χ1n) is 11.2. The lowest BCUT2D eigenvalue weighted by atomic mass is 10.0. The van der Waals surface area contributed by atoms with E-state index in [2.05, 4.69) is 0 Å². The molecule has 0 aliphatic carbocycles. The number of carbonyl (C=O) groups is 1. The van der Waals surface area contributed by atoms with Crippen LogP contribution in [0.5, 0.6) is 11.5 Å². The lowest BCUT2D eigenvalue weighted by molar-refractivity contribution is 0.0725. The number of fused-ring (bicyclic) bond motifs is 2. The molecule has 1 aliphatic rings. The van der Waals surface area contributed by atoms with Crippen LogP contribution in [0.4, 0.5) is 0 Å². The molecule has 0 atom stereocenters. The van der Waals surface area contributed by atoms with Crippen LogP contribution >= 0.6 is 0 Å². The molecule has 0 spiro atoms. The number of hydrogen-bond acceptors (Lipinski definition) is 4. The topological polar surface area (TPSA) is 65.7 Å². The van der Waals surface area contributed by atoms with Crippen LogP contribution in [0, 0.1) is 0 Å². The van der Waals surface area contributed by atoms with Crippen LogP contribution in [-0.4, -0.2) is 47.3 Å². The standard InChI is InChI=1S/C26H27N3O4/c1-27-12-9-17-7-8-18(13-22(17)27)29-16-21(25(30)28-10-5-4-6-11-28)19-14-23(32-2)24(33-3)15-20(19)26(29)31/h7-9,12-16H,4-6,10-11H2,1-3H3. The number of pyridine rings is 1. The van der Waals surface area contributed by atoms with Gasteiger partial charge in [0, 0.05) is 43.4 Å². The van der Waals surface area contributed by atoms with Crippen molar-refractivity contribution in [3.05, 3.63) is 64.7 Å². The monoisotopic (exact) mass is 445 g/mol. The molecule has 0 radical (unpaired) electrons. The third-order valence-electron chi connectivity index (χ3n) is 6.54. The summed E-state index contributed by atoms with van der Waals surface area (Å²) in [5.41, 5.74) is 1.99. The maximum absolute atomic E-state index is 13.6. The number of likely N-dealkylation sites (tertiary alicyclic amines) is 1. The second-order valence-electron chi connectivity index (χ2n) is 8.49. The van der Waals surface area contributed by atoms with Crippen LogP contribution in [0.2, 0.25) is 0 Å². The molecule has 2 aromatic heterocycles. The zero-order chi connectivity index (χ0) is 23.1. The second kappa shape index (κ2) is 8.31. The fourth-order valence-electron chi connectivity index (χ4n) is 4.70. The summed E-state index contributed by atoms with van der Waals surface area (Å²) >= 11 is 0. The van der Waals surface area contributed by atoms with Crippen molar-refractivity contribution >= 4 is 27.6 Å². The highest BCUT2D eigenvalue weighted by molar-refractivity contribution is 6.07. The van der Waals surface area contributed by atoms with Crippen molar-refractivity contribution in [2.75, 3.05) is 27.3 Å². The lowest BCUT2D eigenvalue weighted by Gasteiger charge is -2.27. The van der Waals surface area contributed by atoms with Crippen molar-refractivity contribution in [2.45, 2.75) is 19.3 Å². The minimum absolute atomic E-state index is 0.0689. The lowest BCUT2D eigenvalue weighted by Crippen LogP contribution is -2.36. The quantitative estimate of drug-likeness (QED) is 0.474. The molecule has 0 unspecified atom stereocenters. The van der Waals surface area contributed by atoms with Gasteiger partial charge in [0.15, 0.2) is 11.5 Å². The highest BCUT2D eigenvalue weighted by Gasteiger charge is 2.24. The summed E-state index contributed by atoms with van der Waals surface area (Å²) in [6, 6.07) is 11.3. The minimum atomic E-state index is -0.213. The first-order valence-corrected chi connectivity index (χ1v) is 11.2. The number of piperidine rings is 1. The molecule has 2 aromatic carbocycles. The normalized spacial score (nSPS) is 14.1. The number of benzene rings is 2. The van der Waals surface area contributed by atoms with E-state index in [-0.39, 0.29) is 11.5 Å². The first-order chi connectivity index (χ1) is 16.0. The summed E-state index contributed by atoms with van der Waals surface area (Å²) in [6.45, 7) is 1.45. The molecule has 170 valence electrons. The number of ether oxygens (including phenoxy) is 2. The number of methoxy groups -OCH3 is 2. The molecule has 3 heterocycles. The predicted molar refractivity (Wildman–Crippen MR) is 129 cm³/mol. The average molecular weight is 446 g/mol. The number of aryl methyl sites for hydroxylation is 1. The Balaban J connectivity index is 1.78. The molecule has 0 bridgehead atoms. The van der Waals surface area contributed by atoms with Gasteiger partial charge < -0.3 is 18.9 Å². The molecular weight excluding hydrogens is 418 g/mol. The van der Waals surface area contributed by atoms with Gasteiger partial charge in [-0.15, -0.1) is 0 Å². The number of aromatic nitrogens is 2. The summed E-state index contributed by atoms with van der Waals surface area (Å²) < 4.78 is 14.5. The fourth-order valence-corrected chi connectivity index (χ4v) is 4.70. The number of hydrogen-bond donors (Lipinski definition) is 0. The van der Waals surface area contributed by atoms with Gasteiger partial charge in [0.05, 0.1) is 30.9 Å². The third-order valence-corrected chi connectivity index (χ3v) is 6.54. The average Bonchev–Trinajstić information content (AvgIpc) is 3.23. The Kier molecular flexibility index (Phi) is 5.32. The van der Waals surface area contributed by atoms with Gasteiger partial charge in [-0.05, 0) is 55.0 Å². The first kappa shape index (κ1) is 21.1. The van der Waals surface area contributed by atoms with E-state index >= 15 is 0 Å². The highest BCUT2D eigenvalue weighted by atomic mass is 16.5. The summed E-state index contributed by atoms with van der Waals surface area (Å²) in [7, 11) is 5.05. The van der Waals surface area contributed by atoms with Gasteiger partial charge >= 0.3 is 0 Å². The van der Waals surface area contributed by atoms with Gasteiger partial charge in [-0.1, -0.05) is 6.07 Å².